The number of esters is 1. The molecule has 0 saturated carbocycles. The lowest BCUT2D eigenvalue weighted by Crippen LogP contribution is -2.23. The van der Waals surface area contributed by atoms with Crippen LogP contribution in [0.2, 0.25) is 0 Å². The zero-order chi connectivity index (χ0) is 22.7. The molecule has 2 aromatic carbocycles. The van der Waals surface area contributed by atoms with Crippen LogP contribution < -0.4 is 4.80 Å². The highest BCUT2D eigenvalue weighted by Gasteiger charge is 2.19. The molecule has 0 saturated heterocycles. The maximum Gasteiger partial charge on any atom is 0.326 e. The predicted molar refractivity (Wildman–Crippen MR) is 111 cm³/mol. The van der Waals surface area contributed by atoms with Gasteiger partial charge in [-0.25, -0.2) is 0 Å². The van der Waals surface area contributed by atoms with Crippen molar-refractivity contribution in [2.75, 3.05) is 6.61 Å². The fourth-order valence-corrected chi connectivity index (χ4v) is 4.01. The molecule has 0 unspecified atom stereocenters. The van der Waals surface area contributed by atoms with Gasteiger partial charge in [-0.3, -0.25) is 29.8 Å². The topological polar surface area (TPSA) is 147 Å². The van der Waals surface area contributed by atoms with Crippen molar-refractivity contribution >= 4 is 44.8 Å². The van der Waals surface area contributed by atoms with E-state index in [1.54, 1.807) is 6.92 Å². The molecule has 3 aromatic rings. The third-order valence-corrected chi connectivity index (χ3v) is 5.44. The minimum absolute atomic E-state index is 0.0420. The first-order valence-electron chi connectivity index (χ1n) is 8.99. The number of nitro groups is 2. The van der Waals surface area contributed by atoms with Gasteiger partial charge in [0.25, 0.3) is 17.3 Å². The normalized spacial score (nSPS) is 11.5. The third kappa shape index (κ3) is 4.48. The first-order chi connectivity index (χ1) is 14.7. The molecular weight excluding hydrogens is 428 g/mol. The number of ether oxygens (including phenoxy) is 1. The third-order valence-electron chi connectivity index (χ3n) is 4.40. The van der Waals surface area contributed by atoms with Crippen LogP contribution in [-0.4, -0.2) is 32.9 Å². The van der Waals surface area contributed by atoms with Crippen molar-refractivity contribution in [3.8, 4) is 0 Å². The van der Waals surface area contributed by atoms with E-state index in [0.717, 1.165) is 11.3 Å². The smallest absolute Gasteiger partial charge is 0.326 e. The molecule has 0 aliphatic heterocycles. The van der Waals surface area contributed by atoms with Crippen molar-refractivity contribution in [2.45, 2.75) is 20.4 Å². The van der Waals surface area contributed by atoms with Crippen LogP contribution in [0.25, 0.3) is 10.2 Å². The molecule has 0 N–H and O–H groups in total. The molecule has 11 nitrogen and oxygen atoms in total. The molecule has 0 spiro atoms. The number of benzene rings is 2. The van der Waals surface area contributed by atoms with Gasteiger partial charge in [-0.15, -0.1) is 0 Å². The van der Waals surface area contributed by atoms with E-state index in [9.17, 15) is 29.8 Å². The highest BCUT2D eigenvalue weighted by atomic mass is 32.1. The number of fused-ring (bicyclic) bond motifs is 1. The summed E-state index contributed by atoms with van der Waals surface area (Å²) in [5.74, 6) is -1.30. The first kappa shape index (κ1) is 21.8. The molecule has 12 heteroatoms. The number of nitro benzene ring substituents is 2. The SMILES string of the molecule is CCOC(=O)Cn1c(=NC(=O)c2cccc([N+](=O)[O-])c2C)sc2cc([N+](=O)[O-])ccc21. The van der Waals surface area contributed by atoms with Gasteiger partial charge in [-0.2, -0.15) is 4.99 Å². The van der Waals surface area contributed by atoms with Crippen LogP contribution in [0.4, 0.5) is 11.4 Å². The summed E-state index contributed by atoms with van der Waals surface area (Å²) in [5.41, 5.74) is 0.304. The van der Waals surface area contributed by atoms with E-state index in [4.69, 9.17) is 4.74 Å². The summed E-state index contributed by atoms with van der Waals surface area (Å²) in [6.45, 7) is 3.00. The maximum absolute atomic E-state index is 12.8. The number of non-ortho nitro benzene ring substituents is 1. The Morgan fingerprint density at radius 3 is 2.55 bits per heavy atom. The number of amides is 1. The second kappa shape index (κ2) is 8.83. The summed E-state index contributed by atoms with van der Waals surface area (Å²) in [5, 5.41) is 22.2. The van der Waals surface area contributed by atoms with E-state index in [1.807, 2.05) is 0 Å². The fourth-order valence-electron chi connectivity index (χ4n) is 2.95. The molecular formula is C19H16N4O7S. The quantitative estimate of drug-likeness (QED) is 0.322. The minimum Gasteiger partial charge on any atom is -0.465 e. The Hall–Kier alpha value is -3.93. The van der Waals surface area contributed by atoms with Crippen LogP contribution in [-0.2, 0) is 16.1 Å². The molecule has 0 aliphatic rings. The number of carbonyl (C=O) groups excluding carboxylic acids is 2. The molecule has 1 heterocycles. The monoisotopic (exact) mass is 444 g/mol. The summed E-state index contributed by atoms with van der Waals surface area (Å²) in [6, 6.07) is 8.16. The van der Waals surface area contributed by atoms with E-state index < -0.39 is 21.7 Å². The van der Waals surface area contributed by atoms with Gasteiger partial charge in [-0.1, -0.05) is 17.4 Å². The van der Waals surface area contributed by atoms with Crippen molar-refractivity contribution in [1.82, 2.24) is 4.57 Å². The van der Waals surface area contributed by atoms with Gasteiger partial charge in [0.1, 0.15) is 6.54 Å². The second-order valence-corrected chi connectivity index (χ2v) is 7.32. The van der Waals surface area contributed by atoms with Gasteiger partial charge < -0.3 is 9.30 Å². The Kier molecular flexibility index (Phi) is 6.20. The summed E-state index contributed by atoms with van der Waals surface area (Å²) in [4.78, 5) is 50.1. The van der Waals surface area contributed by atoms with Crippen LogP contribution in [0.3, 0.4) is 0 Å². The van der Waals surface area contributed by atoms with E-state index in [-0.39, 0.29) is 40.5 Å². The van der Waals surface area contributed by atoms with Gasteiger partial charge >= 0.3 is 5.97 Å². The van der Waals surface area contributed by atoms with Crippen molar-refractivity contribution in [1.29, 1.82) is 0 Å². The maximum atomic E-state index is 12.8. The number of aromatic nitrogens is 1. The van der Waals surface area contributed by atoms with Crippen molar-refractivity contribution in [2.24, 2.45) is 4.99 Å². The number of nitrogens with zero attached hydrogens (tertiary/aromatic N) is 4. The minimum atomic E-state index is -0.736. The summed E-state index contributed by atoms with van der Waals surface area (Å²) < 4.78 is 6.84. The van der Waals surface area contributed by atoms with Gasteiger partial charge in [0.05, 0.1) is 32.2 Å². The molecule has 1 aromatic heterocycles. The lowest BCUT2D eigenvalue weighted by Gasteiger charge is -2.05. The first-order valence-corrected chi connectivity index (χ1v) is 9.81. The van der Waals surface area contributed by atoms with Gasteiger partial charge in [-0.05, 0) is 26.0 Å². The Morgan fingerprint density at radius 1 is 1.16 bits per heavy atom. The molecule has 0 atom stereocenters. The largest absolute Gasteiger partial charge is 0.465 e. The summed E-state index contributed by atoms with van der Waals surface area (Å²) >= 11 is 0.984. The number of carbonyl (C=O) groups is 2. The molecule has 0 radical (unpaired) electrons. The van der Waals surface area contributed by atoms with E-state index in [0.29, 0.717) is 10.2 Å². The van der Waals surface area contributed by atoms with Crippen LogP contribution in [0, 0.1) is 27.2 Å². The lowest BCUT2D eigenvalue weighted by molar-refractivity contribution is -0.385. The molecule has 0 bridgehead atoms. The molecule has 0 fully saturated rings. The van der Waals surface area contributed by atoms with E-state index in [2.05, 4.69) is 4.99 Å². The highest BCUT2D eigenvalue weighted by Crippen LogP contribution is 2.24. The van der Waals surface area contributed by atoms with Crippen LogP contribution >= 0.6 is 11.3 Å². The lowest BCUT2D eigenvalue weighted by atomic mass is 10.1. The highest BCUT2D eigenvalue weighted by molar-refractivity contribution is 7.16. The Bertz CT molecular complexity index is 1290. The van der Waals surface area contributed by atoms with Crippen LogP contribution in [0.1, 0.15) is 22.8 Å². The van der Waals surface area contributed by atoms with E-state index in [1.165, 1.54) is 47.9 Å². The number of hydrogen-bond donors (Lipinski definition) is 0. The summed E-state index contributed by atoms with van der Waals surface area (Å²) in [7, 11) is 0. The average molecular weight is 444 g/mol. The molecule has 1 amide bonds. The Morgan fingerprint density at radius 2 is 1.90 bits per heavy atom. The van der Waals surface area contributed by atoms with Gasteiger partial charge in [0.2, 0.25) is 0 Å². The van der Waals surface area contributed by atoms with Gasteiger partial charge in [0, 0.05) is 23.8 Å². The zero-order valence-corrected chi connectivity index (χ0v) is 17.2. The summed E-state index contributed by atoms with van der Waals surface area (Å²) in [6.07, 6.45) is 0. The van der Waals surface area contributed by atoms with Crippen LogP contribution in [0.15, 0.2) is 41.4 Å². The number of thiazole rings is 1. The molecule has 160 valence electrons. The van der Waals surface area contributed by atoms with Crippen LogP contribution in [0.5, 0.6) is 0 Å². The standard InChI is InChI=1S/C19H16N4O7S/c1-3-30-17(24)10-21-15-8-7-12(22(26)27)9-16(15)31-19(21)20-18(25)13-5-4-6-14(11(13)2)23(28)29/h4-9H,3,10H2,1-2H3. The molecule has 31 heavy (non-hydrogen) atoms. The fraction of sp³-hybridized carbons (Fsp3) is 0.211. The van der Waals surface area contributed by atoms with Crippen molar-refractivity contribution < 1.29 is 24.2 Å². The van der Waals surface area contributed by atoms with Crippen molar-refractivity contribution in [3.05, 3.63) is 72.6 Å². The average Bonchev–Trinajstić information content (AvgIpc) is 3.04. The van der Waals surface area contributed by atoms with E-state index >= 15 is 0 Å². The van der Waals surface area contributed by atoms with Crippen molar-refractivity contribution in [3.63, 3.8) is 0 Å². The Balaban J connectivity index is 2.17. The predicted octanol–water partition coefficient (Wildman–Crippen LogP) is 3.13. The number of rotatable bonds is 6. The second-order valence-electron chi connectivity index (χ2n) is 6.31. The number of hydrogen-bond acceptors (Lipinski definition) is 8. The molecule has 3 rings (SSSR count). The molecule has 0 aliphatic carbocycles. The Labute approximate surface area is 178 Å². The van der Waals surface area contributed by atoms with Gasteiger partial charge in [0.15, 0.2) is 4.80 Å². The zero-order valence-electron chi connectivity index (χ0n) is 16.4.